The van der Waals surface area contributed by atoms with Gasteiger partial charge in [-0.2, -0.15) is 0 Å². The van der Waals surface area contributed by atoms with Crippen LogP contribution >= 0.6 is 11.8 Å². The standard InChI is InChI=1S/C13H11N5O3S/c1-8-6-10(18-21-8)15-11(19)7-22-13-17-16-12(20-13)9-4-2-3-5-14-9/h2-6H,7H2,1H3,(H,15,18,19). The summed E-state index contributed by atoms with van der Waals surface area (Å²) in [6, 6.07) is 7.02. The number of carbonyl (C=O) groups is 1. The molecule has 3 aromatic rings. The number of rotatable bonds is 5. The quantitative estimate of drug-likeness (QED) is 0.713. The molecule has 0 aromatic carbocycles. The maximum Gasteiger partial charge on any atom is 0.277 e. The Balaban J connectivity index is 1.56. The Bertz CT molecular complexity index is 771. The summed E-state index contributed by atoms with van der Waals surface area (Å²) in [6.45, 7) is 1.75. The molecule has 0 saturated carbocycles. The molecular formula is C13H11N5O3S. The molecule has 0 aliphatic carbocycles. The zero-order valence-electron chi connectivity index (χ0n) is 11.5. The number of amides is 1. The number of nitrogens with one attached hydrogen (secondary N) is 1. The van der Waals surface area contributed by atoms with Crippen LogP contribution in [-0.4, -0.2) is 32.0 Å². The highest BCUT2D eigenvalue weighted by molar-refractivity contribution is 7.99. The number of hydrogen-bond acceptors (Lipinski definition) is 8. The normalized spacial score (nSPS) is 10.6. The van der Waals surface area contributed by atoms with Crippen molar-refractivity contribution in [3.8, 4) is 11.6 Å². The van der Waals surface area contributed by atoms with Gasteiger partial charge >= 0.3 is 0 Å². The minimum Gasteiger partial charge on any atom is -0.410 e. The van der Waals surface area contributed by atoms with Gasteiger partial charge in [0.05, 0.1) is 5.75 Å². The van der Waals surface area contributed by atoms with Crippen LogP contribution in [0.15, 0.2) is 44.6 Å². The Morgan fingerprint density at radius 3 is 3.00 bits per heavy atom. The molecule has 0 fully saturated rings. The van der Waals surface area contributed by atoms with Crippen LogP contribution in [0.5, 0.6) is 0 Å². The predicted molar refractivity (Wildman–Crippen MR) is 78.1 cm³/mol. The van der Waals surface area contributed by atoms with Crippen LogP contribution in [0.4, 0.5) is 5.82 Å². The zero-order chi connectivity index (χ0) is 15.4. The number of nitrogens with zero attached hydrogens (tertiary/aromatic N) is 4. The highest BCUT2D eigenvalue weighted by Gasteiger charge is 2.12. The fraction of sp³-hybridized carbons (Fsp3) is 0.154. The van der Waals surface area contributed by atoms with E-state index in [-0.39, 0.29) is 11.7 Å². The molecule has 3 rings (SSSR count). The van der Waals surface area contributed by atoms with Gasteiger partial charge in [0.1, 0.15) is 11.5 Å². The van der Waals surface area contributed by atoms with E-state index in [1.807, 2.05) is 6.07 Å². The van der Waals surface area contributed by atoms with Gasteiger partial charge in [0, 0.05) is 12.3 Å². The largest absolute Gasteiger partial charge is 0.410 e. The van der Waals surface area contributed by atoms with E-state index in [2.05, 4.69) is 25.7 Å². The minimum absolute atomic E-state index is 0.121. The van der Waals surface area contributed by atoms with Crippen molar-refractivity contribution in [3.63, 3.8) is 0 Å². The number of hydrogen-bond donors (Lipinski definition) is 1. The second kappa shape index (κ2) is 6.39. The summed E-state index contributed by atoms with van der Waals surface area (Å²) in [7, 11) is 0. The van der Waals surface area contributed by atoms with E-state index in [1.165, 1.54) is 0 Å². The first-order valence-corrected chi connectivity index (χ1v) is 7.30. The molecule has 0 atom stereocenters. The fourth-order valence-electron chi connectivity index (χ4n) is 1.59. The van der Waals surface area contributed by atoms with E-state index < -0.39 is 0 Å². The summed E-state index contributed by atoms with van der Waals surface area (Å²) in [5, 5.41) is 14.3. The average Bonchev–Trinajstić information content (AvgIpc) is 3.15. The minimum atomic E-state index is -0.240. The number of carbonyl (C=O) groups excluding carboxylic acids is 1. The second-order valence-electron chi connectivity index (χ2n) is 4.25. The molecule has 22 heavy (non-hydrogen) atoms. The van der Waals surface area contributed by atoms with Gasteiger partial charge in [-0.05, 0) is 19.1 Å². The van der Waals surface area contributed by atoms with E-state index in [0.29, 0.717) is 28.4 Å². The zero-order valence-corrected chi connectivity index (χ0v) is 12.3. The van der Waals surface area contributed by atoms with E-state index in [9.17, 15) is 4.79 Å². The molecule has 0 saturated heterocycles. The van der Waals surface area contributed by atoms with Crippen LogP contribution in [0.2, 0.25) is 0 Å². The highest BCUT2D eigenvalue weighted by Crippen LogP contribution is 2.21. The molecule has 9 heteroatoms. The average molecular weight is 317 g/mol. The van der Waals surface area contributed by atoms with Crippen LogP contribution in [0, 0.1) is 6.92 Å². The Morgan fingerprint density at radius 2 is 2.27 bits per heavy atom. The van der Waals surface area contributed by atoms with Crippen molar-refractivity contribution in [3.05, 3.63) is 36.2 Å². The summed E-state index contributed by atoms with van der Waals surface area (Å²) in [5.74, 6) is 1.20. The SMILES string of the molecule is Cc1cc(NC(=O)CSc2nnc(-c3ccccn3)o2)no1. The summed E-state index contributed by atoms with van der Waals surface area (Å²) in [6.07, 6.45) is 1.64. The number of aryl methyl sites for hydroxylation is 1. The first-order chi connectivity index (χ1) is 10.7. The van der Waals surface area contributed by atoms with Crippen molar-refractivity contribution in [2.45, 2.75) is 12.1 Å². The van der Waals surface area contributed by atoms with Gasteiger partial charge in [-0.3, -0.25) is 9.78 Å². The van der Waals surface area contributed by atoms with Crippen molar-refractivity contribution < 1.29 is 13.7 Å². The Morgan fingerprint density at radius 1 is 1.36 bits per heavy atom. The number of aromatic nitrogens is 4. The lowest BCUT2D eigenvalue weighted by atomic mass is 10.3. The van der Waals surface area contributed by atoms with E-state index in [4.69, 9.17) is 8.94 Å². The van der Waals surface area contributed by atoms with Crippen molar-refractivity contribution in [2.24, 2.45) is 0 Å². The molecule has 0 unspecified atom stereocenters. The summed E-state index contributed by atoms with van der Waals surface area (Å²) < 4.78 is 10.3. The van der Waals surface area contributed by atoms with Crippen LogP contribution in [0.25, 0.3) is 11.6 Å². The maximum absolute atomic E-state index is 11.8. The Kier molecular flexibility index (Phi) is 4.15. The summed E-state index contributed by atoms with van der Waals surface area (Å²) >= 11 is 1.13. The molecule has 0 aliphatic rings. The van der Waals surface area contributed by atoms with Crippen LogP contribution < -0.4 is 5.32 Å². The number of pyridine rings is 1. The number of thioether (sulfide) groups is 1. The second-order valence-corrected chi connectivity index (χ2v) is 5.17. The van der Waals surface area contributed by atoms with Gasteiger partial charge in [-0.15, -0.1) is 10.2 Å². The summed E-state index contributed by atoms with van der Waals surface area (Å²) in [5.41, 5.74) is 0.587. The molecule has 0 aliphatic heterocycles. The van der Waals surface area contributed by atoms with Crippen LogP contribution in [0.3, 0.4) is 0 Å². The molecule has 3 heterocycles. The van der Waals surface area contributed by atoms with Gasteiger partial charge in [-0.1, -0.05) is 23.0 Å². The lowest BCUT2D eigenvalue weighted by Crippen LogP contribution is -2.14. The molecule has 0 radical (unpaired) electrons. The first-order valence-electron chi connectivity index (χ1n) is 6.31. The van der Waals surface area contributed by atoms with E-state index in [0.717, 1.165) is 11.8 Å². The third-order valence-electron chi connectivity index (χ3n) is 2.51. The molecule has 0 spiro atoms. The predicted octanol–water partition coefficient (Wildman–Crippen LogP) is 2.16. The fourth-order valence-corrected chi connectivity index (χ4v) is 2.16. The van der Waals surface area contributed by atoms with Crippen molar-refractivity contribution >= 4 is 23.5 Å². The third-order valence-corrected chi connectivity index (χ3v) is 3.33. The Labute approximate surface area is 129 Å². The van der Waals surface area contributed by atoms with Gasteiger partial charge in [0.15, 0.2) is 5.82 Å². The van der Waals surface area contributed by atoms with Crippen LogP contribution in [-0.2, 0) is 4.79 Å². The monoisotopic (exact) mass is 317 g/mol. The van der Waals surface area contributed by atoms with Crippen molar-refractivity contribution in [1.29, 1.82) is 0 Å². The van der Waals surface area contributed by atoms with E-state index >= 15 is 0 Å². The maximum atomic E-state index is 11.8. The van der Waals surface area contributed by atoms with Gasteiger partial charge in [0.25, 0.3) is 11.1 Å². The van der Waals surface area contributed by atoms with E-state index in [1.54, 1.807) is 31.3 Å². The summed E-state index contributed by atoms with van der Waals surface area (Å²) in [4.78, 5) is 15.9. The van der Waals surface area contributed by atoms with Crippen LogP contribution in [0.1, 0.15) is 5.76 Å². The third kappa shape index (κ3) is 3.50. The molecule has 1 N–H and O–H groups in total. The molecular weight excluding hydrogens is 306 g/mol. The molecule has 0 bridgehead atoms. The molecule has 112 valence electrons. The smallest absolute Gasteiger partial charge is 0.277 e. The topological polar surface area (TPSA) is 107 Å². The van der Waals surface area contributed by atoms with Gasteiger partial charge < -0.3 is 14.3 Å². The van der Waals surface area contributed by atoms with Crippen molar-refractivity contribution in [2.75, 3.05) is 11.1 Å². The molecule has 8 nitrogen and oxygen atoms in total. The lowest BCUT2D eigenvalue weighted by molar-refractivity contribution is -0.113. The Hall–Kier alpha value is -2.68. The van der Waals surface area contributed by atoms with Crippen molar-refractivity contribution in [1.82, 2.24) is 20.3 Å². The molecule has 1 amide bonds. The highest BCUT2D eigenvalue weighted by atomic mass is 32.2. The molecule has 3 aromatic heterocycles. The number of anilines is 1. The van der Waals surface area contributed by atoms with Gasteiger partial charge in [-0.25, -0.2) is 0 Å². The van der Waals surface area contributed by atoms with Gasteiger partial charge in [0.2, 0.25) is 5.91 Å². The first kappa shape index (κ1) is 14.3. The lowest BCUT2D eigenvalue weighted by Gasteiger charge is -1.98.